The van der Waals surface area contributed by atoms with Gasteiger partial charge in [0.2, 0.25) is 0 Å². The van der Waals surface area contributed by atoms with Gasteiger partial charge in [-0.3, -0.25) is 0 Å². The van der Waals surface area contributed by atoms with E-state index < -0.39 is 5.79 Å². The van der Waals surface area contributed by atoms with Gasteiger partial charge < -0.3 is 14.2 Å². The predicted molar refractivity (Wildman–Crippen MR) is 61.9 cm³/mol. The zero-order valence-corrected chi connectivity index (χ0v) is 11.0. The van der Waals surface area contributed by atoms with Crippen molar-refractivity contribution in [3.63, 3.8) is 0 Å². The molecule has 2 aliphatic heterocycles. The van der Waals surface area contributed by atoms with Gasteiger partial charge in [0, 0.05) is 5.92 Å². The van der Waals surface area contributed by atoms with Crippen molar-refractivity contribution in [1.82, 2.24) is 0 Å². The molecular weight excluding hydrogens is 204 g/mol. The lowest BCUT2D eigenvalue weighted by atomic mass is 9.89. The maximum absolute atomic E-state index is 6.00. The van der Waals surface area contributed by atoms with Crippen LogP contribution in [0.1, 0.15) is 47.5 Å². The number of rotatable bonds is 3. The summed E-state index contributed by atoms with van der Waals surface area (Å²) in [6, 6.07) is 0. The van der Waals surface area contributed by atoms with Crippen LogP contribution in [0.15, 0.2) is 0 Å². The third-order valence-corrected chi connectivity index (χ3v) is 3.72. The van der Waals surface area contributed by atoms with E-state index in [1.54, 1.807) is 0 Å². The van der Waals surface area contributed by atoms with E-state index in [-0.39, 0.29) is 18.5 Å². The second-order valence-electron chi connectivity index (χ2n) is 5.69. The lowest BCUT2D eigenvalue weighted by molar-refractivity contribution is -0.214. The average Bonchev–Trinajstić information content (AvgIpc) is 2.62. The molecule has 0 saturated carbocycles. The molecule has 0 aromatic rings. The van der Waals surface area contributed by atoms with Gasteiger partial charge in [-0.15, -0.1) is 0 Å². The highest BCUT2D eigenvalue weighted by Gasteiger charge is 2.53. The van der Waals surface area contributed by atoms with Gasteiger partial charge in [-0.1, -0.05) is 27.2 Å². The molecular formula is C13H24O3. The maximum atomic E-state index is 6.00. The number of fused-ring (bicyclic) bond motifs is 1. The van der Waals surface area contributed by atoms with Gasteiger partial charge in [0.1, 0.15) is 6.10 Å². The van der Waals surface area contributed by atoms with Gasteiger partial charge in [0.25, 0.3) is 0 Å². The minimum Gasteiger partial charge on any atom is -0.346 e. The zero-order chi connectivity index (χ0) is 11.9. The molecule has 2 fully saturated rings. The molecule has 16 heavy (non-hydrogen) atoms. The topological polar surface area (TPSA) is 27.7 Å². The van der Waals surface area contributed by atoms with Crippen LogP contribution in [0.2, 0.25) is 0 Å². The molecule has 5 atom stereocenters. The predicted octanol–water partition coefficient (Wildman–Crippen LogP) is 2.94. The number of ether oxygens (including phenoxy) is 3. The van der Waals surface area contributed by atoms with Crippen LogP contribution in [0.3, 0.4) is 0 Å². The van der Waals surface area contributed by atoms with Gasteiger partial charge in [-0.2, -0.15) is 0 Å². The van der Waals surface area contributed by atoms with Crippen LogP contribution in [0.5, 0.6) is 0 Å². The van der Waals surface area contributed by atoms with E-state index in [0.29, 0.717) is 11.8 Å². The van der Waals surface area contributed by atoms with Gasteiger partial charge in [0.05, 0.1) is 6.10 Å². The van der Waals surface area contributed by atoms with Gasteiger partial charge in [-0.05, 0) is 26.2 Å². The Balaban J connectivity index is 1.99. The fraction of sp³-hybridized carbons (Fsp3) is 1.00. The fourth-order valence-electron chi connectivity index (χ4n) is 2.96. The molecule has 0 N–H and O–H groups in total. The normalized spacial score (nSPS) is 43.3. The molecule has 0 bridgehead atoms. The van der Waals surface area contributed by atoms with Gasteiger partial charge in [0.15, 0.2) is 12.1 Å². The quantitative estimate of drug-likeness (QED) is 0.743. The van der Waals surface area contributed by atoms with Crippen LogP contribution in [0.4, 0.5) is 0 Å². The van der Waals surface area contributed by atoms with Crippen molar-refractivity contribution in [1.29, 1.82) is 0 Å². The van der Waals surface area contributed by atoms with Crippen molar-refractivity contribution in [2.45, 2.75) is 71.7 Å². The molecule has 0 spiro atoms. The minimum absolute atomic E-state index is 0.110. The highest BCUT2D eigenvalue weighted by atomic mass is 16.8. The summed E-state index contributed by atoms with van der Waals surface area (Å²) in [5.41, 5.74) is 0. The van der Waals surface area contributed by atoms with Crippen molar-refractivity contribution in [2.24, 2.45) is 11.8 Å². The largest absolute Gasteiger partial charge is 0.346 e. The fourth-order valence-corrected chi connectivity index (χ4v) is 2.96. The maximum Gasteiger partial charge on any atom is 0.187 e. The van der Waals surface area contributed by atoms with Crippen molar-refractivity contribution < 1.29 is 14.2 Å². The smallest absolute Gasteiger partial charge is 0.187 e. The highest BCUT2D eigenvalue weighted by molar-refractivity contribution is 4.92. The van der Waals surface area contributed by atoms with E-state index in [0.717, 1.165) is 0 Å². The Bertz CT molecular complexity index is 252. The van der Waals surface area contributed by atoms with E-state index in [1.165, 1.54) is 12.8 Å². The molecule has 0 amide bonds. The van der Waals surface area contributed by atoms with Crippen LogP contribution in [-0.4, -0.2) is 24.3 Å². The lowest BCUT2D eigenvalue weighted by Gasteiger charge is -2.27. The molecule has 0 aromatic heterocycles. The Kier molecular flexibility index (Phi) is 3.30. The molecule has 3 heteroatoms. The first-order chi connectivity index (χ1) is 7.44. The van der Waals surface area contributed by atoms with Crippen LogP contribution < -0.4 is 0 Å². The Labute approximate surface area is 98.4 Å². The average molecular weight is 228 g/mol. The Hall–Kier alpha value is -0.120. The van der Waals surface area contributed by atoms with E-state index >= 15 is 0 Å². The summed E-state index contributed by atoms with van der Waals surface area (Å²) in [6.45, 7) is 10.6. The molecule has 2 saturated heterocycles. The SMILES string of the molecule is CCC[C@H](C)[C@H]1O[C@@H]2OC(C)(C)O[C@@H]2[C@@H]1C. The Morgan fingerprint density at radius 3 is 2.50 bits per heavy atom. The highest BCUT2D eigenvalue weighted by Crippen LogP contribution is 2.43. The van der Waals surface area contributed by atoms with Crippen molar-refractivity contribution in [2.75, 3.05) is 0 Å². The molecule has 3 nitrogen and oxygen atoms in total. The molecule has 94 valence electrons. The first-order valence-corrected chi connectivity index (χ1v) is 6.45. The number of hydrogen-bond acceptors (Lipinski definition) is 3. The molecule has 0 radical (unpaired) electrons. The van der Waals surface area contributed by atoms with E-state index in [9.17, 15) is 0 Å². The summed E-state index contributed by atoms with van der Waals surface area (Å²) in [5.74, 6) is 0.525. The monoisotopic (exact) mass is 228 g/mol. The summed E-state index contributed by atoms with van der Waals surface area (Å²) in [5, 5.41) is 0. The van der Waals surface area contributed by atoms with Crippen molar-refractivity contribution >= 4 is 0 Å². The second kappa shape index (κ2) is 4.28. The zero-order valence-electron chi connectivity index (χ0n) is 11.0. The Morgan fingerprint density at radius 2 is 1.94 bits per heavy atom. The van der Waals surface area contributed by atoms with Gasteiger partial charge >= 0.3 is 0 Å². The summed E-state index contributed by atoms with van der Waals surface area (Å²) in [4.78, 5) is 0. The van der Waals surface area contributed by atoms with E-state index in [4.69, 9.17) is 14.2 Å². The summed E-state index contributed by atoms with van der Waals surface area (Å²) < 4.78 is 17.7. The molecule has 0 unspecified atom stereocenters. The molecule has 2 aliphatic rings. The summed E-state index contributed by atoms with van der Waals surface area (Å²) >= 11 is 0. The molecule has 0 aromatic carbocycles. The van der Waals surface area contributed by atoms with Crippen LogP contribution in [0, 0.1) is 11.8 Å². The molecule has 0 aliphatic carbocycles. The van der Waals surface area contributed by atoms with Crippen LogP contribution >= 0.6 is 0 Å². The first-order valence-electron chi connectivity index (χ1n) is 6.45. The van der Waals surface area contributed by atoms with Crippen molar-refractivity contribution in [3.05, 3.63) is 0 Å². The summed E-state index contributed by atoms with van der Waals surface area (Å²) in [7, 11) is 0. The van der Waals surface area contributed by atoms with Crippen LogP contribution in [0.25, 0.3) is 0 Å². The second-order valence-corrected chi connectivity index (χ2v) is 5.69. The minimum atomic E-state index is -0.484. The standard InChI is InChI=1S/C13H24O3/c1-6-7-8(2)10-9(3)11-12(14-10)16-13(4,5)15-11/h8-12H,6-7H2,1-5H3/t8-,9+,10+,11+,12+/m0/s1. The van der Waals surface area contributed by atoms with E-state index in [1.807, 2.05) is 13.8 Å². The van der Waals surface area contributed by atoms with Crippen LogP contribution in [-0.2, 0) is 14.2 Å². The van der Waals surface area contributed by atoms with E-state index in [2.05, 4.69) is 20.8 Å². The van der Waals surface area contributed by atoms with Crippen molar-refractivity contribution in [3.8, 4) is 0 Å². The summed E-state index contributed by atoms with van der Waals surface area (Å²) in [6.07, 6.45) is 2.65. The molecule has 2 heterocycles. The Morgan fingerprint density at radius 1 is 1.25 bits per heavy atom. The first kappa shape index (κ1) is 12.3. The number of hydrogen-bond donors (Lipinski definition) is 0. The third-order valence-electron chi connectivity index (χ3n) is 3.72. The van der Waals surface area contributed by atoms with Gasteiger partial charge in [-0.25, -0.2) is 0 Å². The lowest BCUT2D eigenvalue weighted by Crippen LogP contribution is -2.31. The molecule has 2 rings (SSSR count). The third kappa shape index (κ3) is 2.13.